The number of halogens is 1. The van der Waals surface area contributed by atoms with Gasteiger partial charge < -0.3 is 14.8 Å². The van der Waals surface area contributed by atoms with Crippen molar-refractivity contribution < 1.29 is 9.47 Å². The highest BCUT2D eigenvalue weighted by Gasteiger charge is 2.23. The standard InChI is InChI=1S/C13H18BrNO2/c1-8-6-10(14)12(9(2)13(8)16-3)11-7-15-4-5-17-11/h6,11,15H,4-5,7H2,1-3H3. The predicted molar refractivity (Wildman–Crippen MR) is 71.7 cm³/mol. The second kappa shape index (κ2) is 5.38. The van der Waals surface area contributed by atoms with Crippen LogP contribution in [-0.2, 0) is 4.74 Å². The molecule has 3 nitrogen and oxygen atoms in total. The number of hydrogen-bond acceptors (Lipinski definition) is 3. The van der Waals surface area contributed by atoms with Gasteiger partial charge in [-0.3, -0.25) is 0 Å². The summed E-state index contributed by atoms with van der Waals surface area (Å²) < 4.78 is 12.4. The average molecular weight is 300 g/mol. The van der Waals surface area contributed by atoms with Crippen LogP contribution in [-0.4, -0.2) is 26.8 Å². The van der Waals surface area contributed by atoms with Gasteiger partial charge in [0.05, 0.1) is 19.8 Å². The first-order valence-electron chi connectivity index (χ1n) is 5.81. The molecule has 17 heavy (non-hydrogen) atoms. The largest absolute Gasteiger partial charge is 0.496 e. The first-order chi connectivity index (χ1) is 8.15. The van der Waals surface area contributed by atoms with E-state index in [9.17, 15) is 0 Å². The minimum Gasteiger partial charge on any atom is -0.496 e. The van der Waals surface area contributed by atoms with Crippen molar-refractivity contribution in [1.29, 1.82) is 0 Å². The maximum absolute atomic E-state index is 5.82. The molecule has 1 aromatic rings. The zero-order valence-electron chi connectivity index (χ0n) is 10.5. The average Bonchev–Trinajstić information content (AvgIpc) is 2.30. The molecule has 94 valence electrons. The van der Waals surface area contributed by atoms with E-state index in [0.29, 0.717) is 0 Å². The topological polar surface area (TPSA) is 30.5 Å². The van der Waals surface area contributed by atoms with Gasteiger partial charge in [-0.1, -0.05) is 15.9 Å². The summed E-state index contributed by atoms with van der Waals surface area (Å²) >= 11 is 3.63. The van der Waals surface area contributed by atoms with E-state index >= 15 is 0 Å². The fraction of sp³-hybridized carbons (Fsp3) is 0.538. The van der Waals surface area contributed by atoms with Gasteiger partial charge in [0, 0.05) is 23.1 Å². The summed E-state index contributed by atoms with van der Waals surface area (Å²) in [6.07, 6.45) is 0.104. The quantitative estimate of drug-likeness (QED) is 0.911. The molecule has 1 unspecified atom stereocenters. The van der Waals surface area contributed by atoms with E-state index in [2.05, 4.69) is 41.2 Å². The third-order valence-corrected chi connectivity index (χ3v) is 3.81. The molecule has 0 radical (unpaired) electrons. The van der Waals surface area contributed by atoms with E-state index in [-0.39, 0.29) is 6.10 Å². The third kappa shape index (κ3) is 2.49. The van der Waals surface area contributed by atoms with Gasteiger partial charge >= 0.3 is 0 Å². The van der Waals surface area contributed by atoms with Gasteiger partial charge in [0.2, 0.25) is 0 Å². The molecule has 1 heterocycles. The zero-order valence-corrected chi connectivity index (χ0v) is 12.1. The number of nitrogens with one attached hydrogen (secondary N) is 1. The van der Waals surface area contributed by atoms with Crippen molar-refractivity contribution >= 4 is 15.9 Å². The molecule has 1 aliphatic heterocycles. The Morgan fingerprint density at radius 3 is 2.82 bits per heavy atom. The molecule has 1 N–H and O–H groups in total. The highest BCUT2D eigenvalue weighted by atomic mass is 79.9. The van der Waals surface area contributed by atoms with E-state index < -0.39 is 0 Å². The zero-order chi connectivity index (χ0) is 12.4. The Kier molecular flexibility index (Phi) is 4.07. The Labute approximate surface area is 111 Å². The van der Waals surface area contributed by atoms with Crippen LogP contribution in [0.25, 0.3) is 0 Å². The van der Waals surface area contributed by atoms with Gasteiger partial charge in [0.25, 0.3) is 0 Å². The highest BCUT2D eigenvalue weighted by Crippen LogP contribution is 2.37. The summed E-state index contributed by atoms with van der Waals surface area (Å²) in [6.45, 7) is 6.68. The van der Waals surface area contributed by atoms with Crippen molar-refractivity contribution in [2.45, 2.75) is 20.0 Å². The van der Waals surface area contributed by atoms with Crippen LogP contribution in [0.5, 0.6) is 5.75 Å². The van der Waals surface area contributed by atoms with Crippen LogP contribution < -0.4 is 10.1 Å². The van der Waals surface area contributed by atoms with E-state index in [1.807, 2.05) is 0 Å². The molecule has 1 saturated heterocycles. The van der Waals surface area contributed by atoms with Crippen LogP contribution >= 0.6 is 15.9 Å². The van der Waals surface area contributed by atoms with Gasteiger partial charge in [-0.15, -0.1) is 0 Å². The molecule has 1 aliphatic rings. The molecule has 1 fully saturated rings. The number of ether oxygens (including phenoxy) is 2. The van der Waals surface area contributed by atoms with E-state index in [4.69, 9.17) is 9.47 Å². The van der Waals surface area contributed by atoms with Crippen LogP contribution in [0.2, 0.25) is 0 Å². The summed E-state index contributed by atoms with van der Waals surface area (Å²) in [4.78, 5) is 0. The smallest absolute Gasteiger partial charge is 0.125 e. The van der Waals surface area contributed by atoms with Crippen molar-refractivity contribution in [3.8, 4) is 5.75 Å². The van der Waals surface area contributed by atoms with Gasteiger partial charge in [-0.25, -0.2) is 0 Å². The van der Waals surface area contributed by atoms with Crippen molar-refractivity contribution in [1.82, 2.24) is 5.32 Å². The molecule has 1 atom stereocenters. The number of rotatable bonds is 2. The second-order valence-corrected chi connectivity index (χ2v) is 5.17. The normalized spacial score (nSPS) is 20.4. The fourth-order valence-electron chi connectivity index (χ4n) is 2.39. The monoisotopic (exact) mass is 299 g/mol. The molecule has 2 rings (SSSR count). The van der Waals surface area contributed by atoms with Gasteiger partial charge in [0.1, 0.15) is 5.75 Å². The van der Waals surface area contributed by atoms with Crippen molar-refractivity contribution in [3.05, 3.63) is 27.2 Å². The molecule has 4 heteroatoms. The van der Waals surface area contributed by atoms with Crippen LogP contribution in [0.15, 0.2) is 10.5 Å². The molecule has 0 saturated carbocycles. The van der Waals surface area contributed by atoms with Crippen LogP contribution in [0.4, 0.5) is 0 Å². The number of hydrogen-bond donors (Lipinski definition) is 1. The van der Waals surface area contributed by atoms with E-state index in [1.54, 1.807) is 7.11 Å². The summed E-state index contributed by atoms with van der Waals surface area (Å²) in [7, 11) is 1.72. The van der Waals surface area contributed by atoms with E-state index in [0.717, 1.165) is 41.0 Å². The Hall–Kier alpha value is -0.580. The molecular formula is C13H18BrNO2. The lowest BCUT2D eigenvalue weighted by Gasteiger charge is -2.27. The molecule has 1 aromatic carbocycles. The fourth-order valence-corrected chi connectivity index (χ4v) is 3.29. The summed E-state index contributed by atoms with van der Waals surface area (Å²) in [6, 6.07) is 2.10. The van der Waals surface area contributed by atoms with E-state index in [1.165, 1.54) is 5.56 Å². The summed E-state index contributed by atoms with van der Waals surface area (Å²) in [5.74, 6) is 0.956. The van der Waals surface area contributed by atoms with Crippen LogP contribution in [0.3, 0.4) is 0 Å². The Morgan fingerprint density at radius 2 is 2.24 bits per heavy atom. The predicted octanol–water partition coefficient (Wildman–Crippen LogP) is 2.74. The minimum absolute atomic E-state index is 0.104. The van der Waals surface area contributed by atoms with Gasteiger partial charge in [-0.05, 0) is 31.0 Å². The molecular weight excluding hydrogens is 282 g/mol. The number of morpholine rings is 1. The van der Waals surface area contributed by atoms with Crippen molar-refractivity contribution in [3.63, 3.8) is 0 Å². The molecule has 0 aromatic heterocycles. The molecule has 0 aliphatic carbocycles. The summed E-state index contributed by atoms with van der Waals surface area (Å²) in [5.41, 5.74) is 3.50. The minimum atomic E-state index is 0.104. The maximum atomic E-state index is 5.82. The van der Waals surface area contributed by atoms with Crippen LogP contribution in [0, 0.1) is 13.8 Å². The number of benzene rings is 1. The van der Waals surface area contributed by atoms with Crippen molar-refractivity contribution in [2.75, 3.05) is 26.8 Å². The lowest BCUT2D eigenvalue weighted by atomic mass is 9.99. The summed E-state index contributed by atoms with van der Waals surface area (Å²) in [5, 5.41) is 3.35. The van der Waals surface area contributed by atoms with Crippen LogP contribution in [0.1, 0.15) is 22.8 Å². The Balaban J connectivity index is 2.44. The Morgan fingerprint density at radius 1 is 1.47 bits per heavy atom. The van der Waals surface area contributed by atoms with Gasteiger partial charge in [0.15, 0.2) is 0 Å². The van der Waals surface area contributed by atoms with Gasteiger partial charge in [-0.2, -0.15) is 0 Å². The number of aryl methyl sites for hydroxylation is 1. The molecule has 0 bridgehead atoms. The molecule has 0 amide bonds. The SMILES string of the molecule is COc1c(C)cc(Br)c(C2CNCCO2)c1C. The molecule has 0 spiro atoms. The number of methoxy groups -OCH3 is 1. The van der Waals surface area contributed by atoms with Crippen molar-refractivity contribution in [2.24, 2.45) is 0 Å². The maximum Gasteiger partial charge on any atom is 0.125 e. The first-order valence-corrected chi connectivity index (χ1v) is 6.60. The Bertz CT molecular complexity index is 414. The first kappa shape index (κ1) is 12.9. The third-order valence-electron chi connectivity index (χ3n) is 3.16. The lowest BCUT2D eigenvalue weighted by molar-refractivity contribution is 0.0267. The highest BCUT2D eigenvalue weighted by molar-refractivity contribution is 9.10. The second-order valence-electron chi connectivity index (χ2n) is 4.31. The lowest BCUT2D eigenvalue weighted by Crippen LogP contribution is -2.33.